The smallest absolute Gasteiger partial charge is 0.145 e. The Labute approximate surface area is 99.7 Å². The highest BCUT2D eigenvalue weighted by Gasteiger charge is 2.13. The topological polar surface area (TPSA) is 21.3 Å². The minimum atomic E-state index is -0.430. The molecule has 0 radical (unpaired) electrons. The molecule has 1 heterocycles. The summed E-state index contributed by atoms with van der Waals surface area (Å²) in [5, 5.41) is 3.45. The molecule has 1 unspecified atom stereocenters. The van der Waals surface area contributed by atoms with Gasteiger partial charge in [0, 0.05) is 18.5 Å². The van der Waals surface area contributed by atoms with Crippen LogP contribution in [0, 0.1) is 11.7 Å². The van der Waals surface area contributed by atoms with Gasteiger partial charge in [-0.2, -0.15) is 0 Å². The number of ether oxygens (including phenoxy) is 1. The molecule has 1 aromatic carbocycles. The van der Waals surface area contributed by atoms with E-state index in [9.17, 15) is 4.39 Å². The number of nitrogens with one attached hydrogen (secondary N) is 1. The summed E-state index contributed by atoms with van der Waals surface area (Å²) in [5.41, 5.74) is 0. The highest BCUT2D eigenvalue weighted by Crippen LogP contribution is 2.21. The maximum Gasteiger partial charge on any atom is 0.145 e. The molecule has 1 aliphatic heterocycles. The zero-order valence-corrected chi connectivity index (χ0v) is 9.77. The van der Waals surface area contributed by atoms with E-state index in [0.717, 1.165) is 13.1 Å². The zero-order valence-electron chi connectivity index (χ0n) is 9.01. The molecule has 16 heavy (non-hydrogen) atoms. The van der Waals surface area contributed by atoms with Crippen LogP contribution in [-0.2, 0) is 0 Å². The van der Waals surface area contributed by atoms with Crippen LogP contribution in [0.5, 0.6) is 5.75 Å². The summed E-state index contributed by atoms with van der Waals surface area (Å²) in [6.45, 7) is 2.70. The Morgan fingerprint density at radius 1 is 1.50 bits per heavy atom. The maximum absolute atomic E-state index is 13.1. The molecular weight excluding hydrogens is 229 g/mol. The molecule has 1 aromatic rings. The molecule has 1 saturated heterocycles. The number of rotatable bonds is 3. The van der Waals surface area contributed by atoms with E-state index in [1.165, 1.54) is 25.0 Å². The first-order chi connectivity index (χ1) is 7.75. The van der Waals surface area contributed by atoms with Gasteiger partial charge in [-0.1, -0.05) is 11.6 Å². The Kier molecular flexibility index (Phi) is 4.02. The summed E-state index contributed by atoms with van der Waals surface area (Å²) >= 11 is 5.59. The van der Waals surface area contributed by atoms with Crippen molar-refractivity contribution >= 4 is 11.6 Å². The van der Waals surface area contributed by atoms with Crippen molar-refractivity contribution in [1.82, 2.24) is 5.32 Å². The highest BCUT2D eigenvalue weighted by molar-refractivity contribution is 6.30. The molecule has 4 heteroatoms. The van der Waals surface area contributed by atoms with E-state index in [1.54, 1.807) is 6.07 Å². The van der Waals surface area contributed by atoms with Gasteiger partial charge in [0.2, 0.25) is 0 Å². The van der Waals surface area contributed by atoms with E-state index in [4.69, 9.17) is 16.3 Å². The number of benzene rings is 1. The van der Waals surface area contributed by atoms with E-state index in [1.807, 2.05) is 0 Å². The molecule has 0 bridgehead atoms. The van der Waals surface area contributed by atoms with E-state index < -0.39 is 5.82 Å². The van der Waals surface area contributed by atoms with Gasteiger partial charge in [0.25, 0.3) is 0 Å². The second-order valence-corrected chi connectivity index (χ2v) is 4.51. The first kappa shape index (κ1) is 11.7. The van der Waals surface area contributed by atoms with Crippen molar-refractivity contribution in [2.24, 2.45) is 5.92 Å². The Balaban J connectivity index is 1.86. The summed E-state index contributed by atoms with van der Waals surface area (Å²) in [7, 11) is 0. The van der Waals surface area contributed by atoms with Crippen molar-refractivity contribution in [3.63, 3.8) is 0 Å². The fraction of sp³-hybridized carbons (Fsp3) is 0.500. The fourth-order valence-electron chi connectivity index (χ4n) is 1.85. The predicted octanol–water partition coefficient (Wildman–Crippen LogP) is 2.86. The summed E-state index contributed by atoms with van der Waals surface area (Å²) in [5.74, 6) is 0.640. The second-order valence-electron chi connectivity index (χ2n) is 4.10. The first-order valence-corrected chi connectivity index (χ1v) is 5.92. The van der Waals surface area contributed by atoms with Gasteiger partial charge in [-0.05, 0) is 31.5 Å². The van der Waals surface area contributed by atoms with Gasteiger partial charge in [-0.3, -0.25) is 0 Å². The molecule has 1 N–H and O–H groups in total. The van der Waals surface area contributed by atoms with Crippen LogP contribution in [0.4, 0.5) is 4.39 Å². The molecule has 0 aliphatic carbocycles. The normalized spacial score (nSPS) is 20.8. The fourth-order valence-corrected chi connectivity index (χ4v) is 1.96. The SMILES string of the molecule is Fc1cc(OCC2CCCNC2)ccc1Cl. The number of piperidine rings is 1. The Morgan fingerprint density at radius 3 is 3.06 bits per heavy atom. The van der Waals surface area contributed by atoms with Crippen LogP contribution >= 0.6 is 11.6 Å². The maximum atomic E-state index is 13.1. The minimum Gasteiger partial charge on any atom is -0.493 e. The molecule has 0 saturated carbocycles. The van der Waals surface area contributed by atoms with Crippen molar-refractivity contribution < 1.29 is 9.13 Å². The summed E-state index contributed by atoms with van der Waals surface area (Å²) in [6.07, 6.45) is 2.35. The Hall–Kier alpha value is -0.800. The largest absolute Gasteiger partial charge is 0.493 e. The summed E-state index contributed by atoms with van der Waals surface area (Å²) < 4.78 is 18.7. The van der Waals surface area contributed by atoms with E-state index in [2.05, 4.69) is 5.32 Å². The first-order valence-electron chi connectivity index (χ1n) is 5.54. The lowest BCUT2D eigenvalue weighted by Crippen LogP contribution is -2.33. The van der Waals surface area contributed by atoms with Gasteiger partial charge in [0.05, 0.1) is 11.6 Å². The zero-order chi connectivity index (χ0) is 11.4. The van der Waals surface area contributed by atoms with E-state index in [0.29, 0.717) is 18.3 Å². The third-order valence-corrected chi connectivity index (χ3v) is 3.08. The molecule has 1 atom stereocenters. The van der Waals surface area contributed by atoms with Crippen molar-refractivity contribution in [2.75, 3.05) is 19.7 Å². The van der Waals surface area contributed by atoms with Gasteiger partial charge in [0.1, 0.15) is 11.6 Å². The van der Waals surface area contributed by atoms with E-state index in [-0.39, 0.29) is 5.02 Å². The average molecular weight is 244 g/mol. The lowest BCUT2D eigenvalue weighted by molar-refractivity contribution is 0.218. The summed E-state index contributed by atoms with van der Waals surface area (Å²) in [4.78, 5) is 0. The van der Waals surface area contributed by atoms with Gasteiger partial charge < -0.3 is 10.1 Å². The van der Waals surface area contributed by atoms with Crippen LogP contribution in [0.25, 0.3) is 0 Å². The standard InChI is InChI=1S/C12H15ClFNO/c13-11-4-3-10(6-12(11)14)16-8-9-2-1-5-15-7-9/h3-4,6,9,15H,1-2,5,7-8H2. The number of halogens is 2. The van der Waals surface area contributed by atoms with Crippen LogP contribution in [0.15, 0.2) is 18.2 Å². The third-order valence-electron chi connectivity index (χ3n) is 2.78. The van der Waals surface area contributed by atoms with Crippen LogP contribution in [0.3, 0.4) is 0 Å². The van der Waals surface area contributed by atoms with Gasteiger partial charge >= 0.3 is 0 Å². The van der Waals surface area contributed by atoms with Crippen LogP contribution in [0.1, 0.15) is 12.8 Å². The number of hydrogen-bond donors (Lipinski definition) is 1. The molecule has 2 nitrogen and oxygen atoms in total. The third kappa shape index (κ3) is 3.09. The molecule has 0 aromatic heterocycles. The molecule has 0 amide bonds. The lowest BCUT2D eigenvalue weighted by Gasteiger charge is -2.22. The van der Waals surface area contributed by atoms with E-state index >= 15 is 0 Å². The molecule has 2 rings (SSSR count). The average Bonchev–Trinajstić information content (AvgIpc) is 2.32. The van der Waals surface area contributed by atoms with Gasteiger partial charge in [0.15, 0.2) is 0 Å². The highest BCUT2D eigenvalue weighted by atomic mass is 35.5. The van der Waals surface area contributed by atoms with Crippen molar-refractivity contribution in [3.8, 4) is 5.75 Å². The second kappa shape index (κ2) is 5.51. The molecule has 0 spiro atoms. The Bertz CT molecular complexity index is 353. The predicted molar refractivity (Wildman–Crippen MR) is 62.5 cm³/mol. The van der Waals surface area contributed by atoms with Crippen molar-refractivity contribution in [1.29, 1.82) is 0 Å². The number of hydrogen-bond acceptors (Lipinski definition) is 2. The molecule has 88 valence electrons. The van der Waals surface area contributed by atoms with Crippen LogP contribution in [0.2, 0.25) is 5.02 Å². The van der Waals surface area contributed by atoms with Crippen molar-refractivity contribution in [2.45, 2.75) is 12.8 Å². The monoisotopic (exact) mass is 243 g/mol. The molecule has 1 fully saturated rings. The van der Waals surface area contributed by atoms with Crippen molar-refractivity contribution in [3.05, 3.63) is 29.0 Å². The molecular formula is C12H15ClFNO. The Morgan fingerprint density at radius 2 is 2.38 bits per heavy atom. The quantitative estimate of drug-likeness (QED) is 0.882. The lowest BCUT2D eigenvalue weighted by atomic mass is 10.0. The van der Waals surface area contributed by atoms with Gasteiger partial charge in [-0.15, -0.1) is 0 Å². The van der Waals surface area contributed by atoms with Gasteiger partial charge in [-0.25, -0.2) is 4.39 Å². The minimum absolute atomic E-state index is 0.131. The van der Waals surface area contributed by atoms with Crippen LogP contribution in [-0.4, -0.2) is 19.7 Å². The summed E-state index contributed by atoms with van der Waals surface area (Å²) in [6, 6.07) is 4.55. The van der Waals surface area contributed by atoms with Crippen LogP contribution < -0.4 is 10.1 Å². The molecule has 1 aliphatic rings.